The van der Waals surface area contributed by atoms with Crippen molar-refractivity contribution in [1.82, 2.24) is 10.1 Å². The highest BCUT2D eigenvalue weighted by Gasteiger charge is 2.34. The minimum atomic E-state index is -0.203. The Kier molecular flexibility index (Phi) is 5.39. The van der Waals surface area contributed by atoms with E-state index in [1.54, 1.807) is 4.90 Å². The maximum atomic E-state index is 13.0. The standard InChI is InChI=1S/C24H25ClN4O3/c1-3-29-19-8-7-16(13-17(19)15(2)24(29)31)20(30)14-27-9-11-28(12-10-27)23-22-18(25)5-4-6-21(22)32-26-23/h4-8,13,15H,3,9-12,14H2,1-2H3. The van der Waals surface area contributed by atoms with Crippen LogP contribution in [0.2, 0.25) is 5.02 Å². The molecule has 0 saturated carbocycles. The van der Waals surface area contributed by atoms with Gasteiger partial charge < -0.3 is 14.3 Å². The molecule has 1 saturated heterocycles. The van der Waals surface area contributed by atoms with E-state index in [0.29, 0.717) is 29.3 Å². The zero-order chi connectivity index (χ0) is 22.4. The molecule has 0 aliphatic carbocycles. The molecule has 0 bridgehead atoms. The van der Waals surface area contributed by atoms with Crippen LogP contribution in [0.4, 0.5) is 11.5 Å². The van der Waals surface area contributed by atoms with Crippen molar-refractivity contribution < 1.29 is 14.1 Å². The molecule has 2 aromatic carbocycles. The molecule has 1 amide bonds. The van der Waals surface area contributed by atoms with E-state index >= 15 is 0 Å². The quantitative estimate of drug-likeness (QED) is 0.546. The van der Waals surface area contributed by atoms with Gasteiger partial charge in [0.2, 0.25) is 5.91 Å². The first-order valence-electron chi connectivity index (χ1n) is 11.0. The number of hydrogen-bond donors (Lipinski definition) is 0. The monoisotopic (exact) mass is 452 g/mol. The molecule has 3 heterocycles. The Morgan fingerprint density at radius 2 is 1.97 bits per heavy atom. The van der Waals surface area contributed by atoms with Crippen LogP contribution in [-0.4, -0.2) is 61.0 Å². The number of fused-ring (bicyclic) bond motifs is 2. The van der Waals surface area contributed by atoms with Crippen LogP contribution in [0.15, 0.2) is 40.9 Å². The number of anilines is 2. The number of ketones is 1. The number of amides is 1. The SMILES string of the molecule is CCN1C(=O)C(C)c2cc(C(=O)CN3CCN(c4noc5cccc(Cl)c45)CC3)ccc21. The Bertz CT molecular complexity index is 1200. The van der Waals surface area contributed by atoms with Gasteiger partial charge in [0.15, 0.2) is 17.2 Å². The van der Waals surface area contributed by atoms with Crippen molar-refractivity contribution in [1.29, 1.82) is 0 Å². The van der Waals surface area contributed by atoms with Crippen molar-refractivity contribution in [3.05, 3.63) is 52.5 Å². The van der Waals surface area contributed by atoms with E-state index in [2.05, 4.69) is 15.0 Å². The minimum absolute atomic E-state index is 0.0748. The minimum Gasteiger partial charge on any atom is -0.354 e. The smallest absolute Gasteiger partial charge is 0.234 e. The highest BCUT2D eigenvalue weighted by atomic mass is 35.5. The number of hydrogen-bond acceptors (Lipinski definition) is 6. The Morgan fingerprint density at radius 3 is 2.72 bits per heavy atom. The van der Waals surface area contributed by atoms with Crippen LogP contribution in [0.1, 0.15) is 35.7 Å². The summed E-state index contributed by atoms with van der Waals surface area (Å²) >= 11 is 6.36. The number of aromatic nitrogens is 1. The number of Topliss-reactive ketones (excluding diaryl/α,β-unsaturated/α-hetero) is 1. The molecule has 7 nitrogen and oxygen atoms in total. The van der Waals surface area contributed by atoms with Gasteiger partial charge in [0, 0.05) is 44.0 Å². The summed E-state index contributed by atoms with van der Waals surface area (Å²) in [6, 6.07) is 11.2. The van der Waals surface area contributed by atoms with E-state index in [4.69, 9.17) is 16.1 Å². The lowest BCUT2D eigenvalue weighted by Crippen LogP contribution is -2.48. The van der Waals surface area contributed by atoms with Crippen LogP contribution >= 0.6 is 11.6 Å². The zero-order valence-corrected chi connectivity index (χ0v) is 18.9. The summed E-state index contributed by atoms with van der Waals surface area (Å²) in [7, 11) is 0. The van der Waals surface area contributed by atoms with E-state index in [9.17, 15) is 9.59 Å². The predicted molar refractivity (Wildman–Crippen MR) is 125 cm³/mol. The maximum absolute atomic E-state index is 13.0. The summed E-state index contributed by atoms with van der Waals surface area (Å²) in [6.45, 7) is 7.83. The third-order valence-electron chi connectivity index (χ3n) is 6.53. The topological polar surface area (TPSA) is 69.9 Å². The molecule has 32 heavy (non-hydrogen) atoms. The molecule has 1 fully saturated rings. The summed E-state index contributed by atoms with van der Waals surface area (Å²) in [6.07, 6.45) is 0. The number of halogens is 1. The number of nitrogens with zero attached hydrogens (tertiary/aromatic N) is 4. The van der Waals surface area contributed by atoms with Gasteiger partial charge in [0.05, 0.1) is 22.9 Å². The first kappa shape index (κ1) is 21.0. The molecule has 0 radical (unpaired) electrons. The van der Waals surface area contributed by atoms with Crippen molar-refractivity contribution in [2.75, 3.05) is 49.1 Å². The van der Waals surface area contributed by atoms with Crippen molar-refractivity contribution in [3.8, 4) is 0 Å². The number of rotatable bonds is 5. The molecule has 166 valence electrons. The van der Waals surface area contributed by atoms with E-state index < -0.39 is 0 Å². The molecule has 2 aliphatic rings. The molecule has 0 N–H and O–H groups in total. The van der Waals surface area contributed by atoms with Crippen LogP contribution in [0.25, 0.3) is 11.0 Å². The summed E-state index contributed by atoms with van der Waals surface area (Å²) < 4.78 is 5.43. The highest BCUT2D eigenvalue weighted by molar-refractivity contribution is 6.36. The van der Waals surface area contributed by atoms with Gasteiger partial charge in [-0.25, -0.2) is 0 Å². The fourth-order valence-electron chi connectivity index (χ4n) is 4.70. The van der Waals surface area contributed by atoms with Gasteiger partial charge in [0.25, 0.3) is 0 Å². The summed E-state index contributed by atoms with van der Waals surface area (Å²) in [5.41, 5.74) is 3.21. The average molecular weight is 453 g/mol. The first-order chi connectivity index (χ1) is 15.5. The third kappa shape index (κ3) is 3.45. The van der Waals surface area contributed by atoms with E-state index in [1.165, 1.54) is 0 Å². The van der Waals surface area contributed by atoms with Crippen molar-refractivity contribution >= 4 is 45.8 Å². The number of piperazine rings is 1. The maximum Gasteiger partial charge on any atom is 0.234 e. The molecule has 1 unspecified atom stereocenters. The first-order valence-corrected chi connectivity index (χ1v) is 11.4. The Balaban J connectivity index is 1.25. The summed E-state index contributed by atoms with van der Waals surface area (Å²) in [5, 5.41) is 5.68. The molecule has 1 atom stereocenters. The lowest BCUT2D eigenvalue weighted by molar-refractivity contribution is -0.118. The van der Waals surface area contributed by atoms with E-state index in [1.807, 2.05) is 50.2 Å². The average Bonchev–Trinajstić information content (AvgIpc) is 3.34. The van der Waals surface area contributed by atoms with Crippen LogP contribution in [0, 0.1) is 0 Å². The highest BCUT2D eigenvalue weighted by Crippen LogP contribution is 2.37. The molecular formula is C24H25ClN4O3. The molecule has 1 aromatic heterocycles. The number of benzene rings is 2. The van der Waals surface area contributed by atoms with Crippen LogP contribution in [0.3, 0.4) is 0 Å². The van der Waals surface area contributed by atoms with E-state index in [0.717, 1.165) is 48.6 Å². The van der Waals surface area contributed by atoms with E-state index in [-0.39, 0.29) is 17.6 Å². The molecular weight excluding hydrogens is 428 g/mol. The summed E-state index contributed by atoms with van der Waals surface area (Å²) in [5.74, 6) is 0.731. The van der Waals surface area contributed by atoms with Crippen molar-refractivity contribution in [3.63, 3.8) is 0 Å². The molecule has 2 aliphatic heterocycles. The van der Waals surface area contributed by atoms with Gasteiger partial charge in [-0.2, -0.15) is 0 Å². The van der Waals surface area contributed by atoms with Gasteiger partial charge in [0.1, 0.15) is 0 Å². The van der Waals surface area contributed by atoms with Gasteiger partial charge in [-0.05, 0) is 49.7 Å². The van der Waals surface area contributed by atoms with Crippen LogP contribution < -0.4 is 9.80 Å². The number of carbonyl (C=O) groups excluding carboxylic acids is 2. The summed E-state index contributed by atoms with van der Waals surface area (Å²) in [4.78, 5) is 31.5. The van der Waals surface area contributed by atoms with Gasteiger partial charge in [-0.3, -0.25) is 14.5 Å². The number of likely N-dealkylation sites (N-methyl/N-ethyl adjacent to an activating group) is 1. The lowest BCUT2D eigenvalue weighted by atomic mass is 9.98. The molecule has 8 heteroatoms. The molecule has 3 aromatic rings. The molecule has 0 spiro atoms. The number of carbonyl (C=O) groups is 2. The van der Waals surface area contributed by atoms with Crippen LogP contribution in [0.5, 0.6) is 0 Å². The molecule has 5 rings (SSSR count). The normalized spacial score (nSPS) is 19.1. The second-order valence-electron chi connectivity index (χ2n) is 8.38. The largest absolute Gasteiger partial charge is 0.354 e. The Labute approximate surface area is 191 Å². The fourth-order valence-corrected chi connectivity index (χ4v) is 4.95. The van der Waals surface area contributed by atoms with Gasteiger partial charge in [-0.15, -0.1) is 0 Å². The zero-order valence-electron chi connectivity index (χ0n) is 18.2. The second kappa shape index (κ2) is 8.22. The third-order valence-corrected chi connectivity index (χ3v) is 6.84. The van der Waals surface area contributed by atoms with Crippen molar-refractivity contribution in [2.45, 2.75) is 19.8 Å². The van der Waals surface area contributed by atoms with Crippen LogP contribution in [-0.2, 0) is 4.79 Å². The van der Waals surface area contributed by atoms with Gasteiger partial charge >= 0.3 is 0 Å². The Morgan fingerprint density at radius 1 is 1.19 bits per heavy atom. The predicted octanol–water partition coefficient (Wildman–Crippen LogP) is 3.96. The van der Waals surface area contributed by atoms with Crippen molar-refractivity contribution in [2.24, 2.45) is 0 Å². The fraction of sp³-hybridized carbons (Fsp3) is 0.375. The second-order valence-corrected chi connectivity index (χ2v) is 8.79. The lowest BCUT2D eigenvalue weighted by Gasteiger charge is -2.34. The van der Waals surface area contributed by atoms with Gasteiger partial charge in [-0.1, -0.05) is 22.8 Å². The Hall–Kier alpha value is -2.90.